The van der Waals surface area contributed by atoms with Crippen LogP contribution in [0.5, 0.6) is 6.01 Å². The first-order chi connectivity index (χ1) is 20.8. The number of piperazine rings is 1. The Balaban J connectivity index is 1.47. The molecular formula is C33H42ClFN6O2. The number of benzene rings is 1. The SMILES string of the molecule is C=C(F)C(=O)N1CCN(c2nc(OCC34CCCN3CC4)nc(C(C)CCc3ccccc3Cl)c2CCC)CC1CC#N. The zero-order valence-electron chi connectivity index (χ0n) is 25.3. The van der Waals surface area contributed by atoms with Crippen molar-refractivity contribution in [1.29, 1.82) is 5.26 Å². The summed E-state index contributed by atoms with van der Waals surface area (Å²) in [7, 11) is 0. The molecule has 8 nitrogen and oxygen atoms in total. The van der Waals surface area contributed by atoms with Gasteiger partial charge in [-0.05, 0) is 62.6 Å². The van der Waals surface area contributed by atoms with Crippen LogP contribution < -0.4 is 9.64 Å². The number of aryl methyl sites for hydroxylation is 1. The van der Waals surface area contributed by atoms with Gasteiger partial charge in [0.1, 0.15) is 12.4 Å². The van der Waals surface area contributed by atoms with Crippen LogP contribution in [-0.2, 0) is 17.6 Å². The van der Waals surface area contributed by atoms with Gasteiger partial charge < -0.3 is 14.5 Å². The van der Waals surface area contributed by atoms with Crippen LogP contribution in [0.4, 0.5) is 10.2 Å². The summed E-state index contributed by atoms with van der Waals surface area (Å²) in [6.07, 6.45) is 6.88. The molecule has 3 atom stereocenters. The molecule has 10 heteroatoms. The summed E-state index contributed by atoms with van der Waals surface area (Å²) in [6, 6.07) is 10.0. The van der Waals surface area contributed by atoms with Gasteiger partial charge >= 0.3 is 6.01 Å². The summed E-state index contributed by atoms with van der Waals surface area (Å²) in [5.74, 6) is -0.865. The van der Waals surface area contributed by atoms with Gasteiger partial charge in [0, 0.05) is 36.8 Å². The first-order valence-corrected chi connectivity index (χ1v) is 15.9. The zero-order valence-corrected chi connectivity index (χ0v) is 26.1. The largest absolute Gasteiger partial charge is 0.461 e. The van der Waals surface area contributed by atoms with Crippen LogP contribution in [0, 0.1) is 11.3 Å². The lowest BCUT2D eigenvalue weighted by Crippen LogP contribution is -2.59. The van der Waals surface area contributed by atoms with Gasteiger partial charge in [0.2, 0.25) is 0 Å². The molecule has 0 spiro atoms. The predicted molar refractivity (Wildman–Crippen MR) is 166 cm³/mol. The molecule has 0 bridgehead atoms. The molecule has 1 amide bonds. The maximum absolute atomic E-state index is 13.8. The van der Waals surface area contributed by atoms with Crippen molar-refractivity contribution in [3.8, 4) is 12.1 Å². The van der Waals surface area contributed by atoms with Gasteiger partial charge in [0.25, 0.3) is 5.91 Å². The van der Waals surface area contributed by atoms with Gasteiger partial charge in [-0.25, -0.2) is 4.39 Å². The lowest BCUT2D eigenvalue weighted by molar-refractivity contribution is -0.131. The Hall–Kier alpha value is -3.22. The smallest absolute Gasteiger partial charge is 0.318 e. The maximum Gasteiger partial charge on any atom is 0.318 e. The molecule has 230 valence electrons. The van der Waals surface area contributed by atoms with E-state index in [1.54, 1.807) is 0 Å². The van der Waals surface area contributed by atoms with E-state index < -0.39 is 17.8 Å². The molecule has 3 aliphatic rings. The number of hydrogen-bond acceptors (Lipinski definition) is 7. The first-order valence-electron chi connectivity index (χ1n) is 15.6. The lowest BCUT2D eigenvalue weighted by atomic mass is 9.86. The first kappa shape index (κ1) is 31.2. The number of amides is 1. The van der Waals surface area contributed by atoms with Crippen LogP contribution >= 0.6 is 11.6 Å². The Morgan fingerprint density at radius 3 is 2.72 bits per heavy atom. The molecule has 1 aromatic carbocycles. The van der Waals surface area contributed by atoms with E-state index in [2.05, 4.69) is 42.4 Å². The molecule has 0 radical (unpaired) electrons. The van der Waals surface area contributed by atoms with Gasteiger partial charge in [-0.3, -0.25) is 9.69 Å². The Kier molecular flexibility index (Phi) is 9.88. The van der Waals surface area contributed by atoms with Gasteiger partial charge in [-0.15, -0.1) is 0 Å². The van der Waals surface area contributed by atoms with Crippen molar-refractivity contribution in [3.05, 3.63) is 58.5 Å². The van der Waals surface area contributed by atoms with Crippen LogP contribution in [0.3, 0.4) is 0 Å². The Bertz CT molecular complexity index is 1380. The number of nitrogens with zero attached hydrogens (tertiary/aromatic N) is 6. The molecule has 5 rings (SSSR count). The number of fused-ring (bicyclic) bond motifs is 1. The quantitative estimate of drug-likeness (QED) is 0.279. The molecule has 1 aromatic heterocycles. The molecule has 0 aliphatic carbocycles. The minimum Gasteiger partial charge on any atom is -0.461 e. The summed E-state index contributed by atoms with van der Waals surface area (Å²) in [6.45, 7) is 11.4. The molecular weight excluding hydrogens is 567 g/mol. The van der Waals surface area contributed by atoms with Gasteiger partial charge in [-0.2, -0.15) is 15.2 Å². The fraction of sp³-hybridized carbons (Fsp3) is 0.576. The van der Waals surface area contributed by atoms with Crippen LogP contribution in [0.1, 0.15) is 75.1 Å². The average molecular weight is 609 g/mol. The number of halogens is 2. The van der Waals surface area contributed by atoms with Crippen molar-refractivity contribution in [1.82, 2.24) is 19.8 Å². The van der Waals surface area contributed by atoms with Gasteiger partial charge in [0.05, 0.1) is 29.8 Å². The number of carbonyl (C=O) groups excluding carboxylic acids is 1. The Morgan fingerprint density at radius 2 is 2.05 bits per heavy atom. The minimum absolute atomic E-state index is 0.0834. The van der Waals surface area contributed by atoms with Gasteiger partial charge in [0.15, 0.2) is 5.83 Å². The second-order valence-electron chi connectivity index (χ2n) is 12.2. The fourth-order valence-corrected chi connectivity index (χ4v) is 7.13. The summed E-state index contributed by atoms with van der Waals surface area (Å²) < 4.78 is 20.3. The van der Waals surface area contributed by atoms with Crippen LogP contribution in [-0.4, -0.2) is 76.6 Å². The Morgan fingerprint density at radius 1 is 1.23 bits per heavy atom. The number of carbonyl (C=O) groups is 1. The molecule has 0 N–H and O–H groups in total. The third-order valence-electron chi connectivity index (χ3n) is 9.43. The third kappa shape index (κ3) is 6.66. The third-order valence-corrected chi connectivity index (χ3v) is 9.80. The number of rotatable bonds is 12. The number of aromatic nitrogens is 2. The number of nitriles is 1. The predicted octanol–water partition coefficient (Wildman–Crippen LogP) is 5.85. The topological polar surface area (TPSA) is 85.6 Å². The molecule has 3 saturated heterocycles. The summed E-state index contributed by atoms with van der Waals surface area (Å²) in [5.41, 5.74) is 3.23. The van der Waals surface area contributed by atoms with Crippen molar-refractivity contribution < 1.29 is 13.9 Å². The van der Waals surface area contributed by atoms with Crippen LogP contribution in [0.2, 0.25) is 5.02 Å². The molecule has 3 aliphatic heterocycles. The van der Waals surface area contributed by atoms with E-state index in [9.17, 15) is 14.4 Å². The molecule has 4 heterocycles. The number of anilines is 1. The van der Waals surface area contributed by atoms with Crippen molar-refractivity contribution in [2.75, 3.05) is 44.2 Å². The van der Waals surface area contributed by atoms with Crippen LogP contribution in [0.25, 0.3) is 0 Å². The maximum atomic E-state index is 13.8. The monoisotopic (exact) mass is 608 g/mol. The van der Waals surface area contributed by atoms with E-state index in [1.807, 2.05) is 18.2 Å². The number of hydrogen-bond donors (Lipinski definition) is 0. The standard InChI is InChI=1S/C33H42ClFN6O2/c1-4-8-27-29(23(2)11-12-25-9-5-6-10-28(25)34)37-32(43-22-33-14-7-17-40(33)18-15-33)38-30(27)39-19-20-41(31(42)24(3)35)26(21-39)13-16-36/h5-6,9-10,23,26H,3-4,7-8,11-15,17-22H2,1-2H3. The molecule has 2 aromatic rings. The molecule has 3 fully saturated rings. The van der Waals surface area contributed by atoms with E-state index >= 15 is 0 Å². The summed E-state index contributed by atoms with van der Waals surface area (Å²) in [4.78, 5) is 28.7. The zero-order chi connectivity index (χ0) is 30.6. The molecule has 0 saturated carbocycles. The second-order valence-corrected chi connectivity index (χ2v) is 12.6. The molecule has 3 unspecified atom stereocenters. The minimum atomic E-state index is -1.01. The Labute approximate surface area is 259 Å². The highest BCUT2D eigenvalue weighted by Crippen LogP contribution is 2.41. The fourth-order valence-electron chi connectivity index (χ4n) is 6.90. The second kappa shape index (κ2) is 13.6. The van der Waals surface area contributed by atoms with Crippen molar-refractivity contribution in [3.63, 3.8) is 0 Å². The van der Waals surface area contributed by atoms with Crippen molar-refractivity contribution in [2.24, 2.45) is 0 Å². The highest BCUT2D eigenvalue weighted by Gasteiger charge is 2.48. The van der Waals surface area contributed by atoms with E-state index in [0.717, 1.165) is 79.3 Å². The normalized spacial score (nSPS) is 22.4. The summed E-state index contributed by atoms with van der Waals surface area (Å²) in [5, 5.41) is 10.3. The van der Waals surface area contributed by atoms with Crippen molar-refractivity contribution >= 4 is 23.3 Å². The van der Waals surface area contributed by atoms with Crippen molar-refractivity contribution in [2.45, 2.75) is 82.7 Å². The van der Waals surface area contributed by atoms with E-state index in [1.165, 1.54) is 11.3 Å². The summed E-state index contributed by atoms with van der Waals surface area (Å²) >= 11 is 6.48. The highest BCUT2D eigenvalue weighted by atomic mass is 35.5. The number of ether oxygens (including phenoxy) is 1. The highest BCUT2D eigenvalue weighted by molar-refractivity contribution is 6.31. The molecule has 43 heavy (non-hydrogen) atoms. The van der Waals surface area contributed by atoms with E-state index in [0.29, 0.717) is 25.7 Å². The van der Waals surface area contributed by atoms with Crippen LogP contribution in [0.15, 0.2) is 36.7 Å². The van der Waals surface area contributed by atoms with E-state index in [4.69, 9.17) is 26.3 Å². The lowest BCUT2D eigenvalue weighted by Gasteiger charge is -2.47. The van der Waals surface area contributed by atoms with Gasteiger partial charge in [-0.1, -0.05) is 56.6 Å². The van der Waals surface area contributed by atoms with E-state index in [-0.39, 0.29) is 24.4 Å². The average Bonchev–Trinajstić information content (AvgIpc) is 3.28.